The smallest absolute Gasteiger partial charge is 0.0499 e. The SMILES string of the molecule is CCCCS(=O)C1CCCCCC1N. The molecule has 0 aromatic heterocycles. The highest BCUT2D eigenvalue weighted by molar-refractivity contribution is 7.85. The lowest BCUT2D eigenvalue weighted by Gasteiger charge is -2.20. The molecule has 0 saturated heterocycles. The zero-order chi connectivity index (χ0) is 10.4. The Morgan fingerprint density at radius 2 is 2.00 bits per heavy atom. The van der Waals surface area contributed by atoms with Gasteiger partial charge in [0.25, 0.3) is 0 Å². The molecule has 2 N–H and O–H groups in total. The third-order valence-corrected chi connectivity index (χ3v) is 4.99. The van der Waals surface area contributed by atoms with Gasteiger partial charge in [-0.05, 0) is 19.3 Å². The molecular weight excluding hydrogens is 194 g/mol. The molecule has 3 heteroatoms. The van der Waals surface area contributed by atoms with Gasteiger partial charge in [0.2, 0.25) is 0 Å². The minimum atomic E-state index is -0.673. The first-order valence-corrected chi connectivity index (χ1v) is 7.26. The molecule has 1 aliphatic carbocycles. The summed E-state index contributed by atoms with van der Waals surface area (Å²) in [6.45, 7) is 2.14. The van der Waals surface area contributed by atoms with Gasteiger partial charge in [0, 0.05) is 27.8 Å². The van der Waals surface area contributed by atoms with Crippen molar-refractivity contribution in [2.24, 2.45) is 5.73 Å². The molecule has 14 heavy (non-hydrogen) atoms. The summed E-state index contributed by atoms with van der Waals surface area (Å²) in [5.74, 6) is 0.856. The largest absolute Gasteiger partial charge is 0.327 e. The zero-order valence-corrected chi connectivity index (χ0v) is 10.0. The van der Waals surface area contributed by atoms with Crippen LogP contribution in [-0.4, -0.2) is 21.3 Å². The van der Waals surface area contributed by atoms with E-state index in [-0.39, 0.29) is 11.3 Å². The normalized spacial score (nSPS) is 31.0. The third kappa shape index (κ3) is 3.70. The van der Waals surface area contributed by atoms with Crippen LogP contribution in [0.1, 0.15) is 51.9 Å². The van der Waals surface area contributed by atoms with E-state index >= 15 is 0 Å². The van der Waals surface area contributed by atoms with Crippen LogP contribution in [0.4, 0.5) is 0 Å². The molecular formula is C11H23NOS. The van der Waals surface area contributed by atoms with Crippen LogP contribution in [-0.2, 0) is 10.8 Å². The van der Waals surface area contributed by atoms with Crippen LogP contribution >= 0.6 is 0 Å². The van der Waals surface area contributed by atoms with Crippen molar-refractivity contribution in [3.63, 3.8) is 0 Å². The Morgan fingerprint density at radius 1 is 1.29 bits per heavy atom. The molecule has 0 aromatic rings. The van der Waals surface area contributed by atoms with Crippen molar-refractivity contribution < 1.29 is 4.21 Å². The quantitative estimate of drug-likeness (QED) is 0.734. The van der Waals surface area contributed by atoms with E-state index in [9.17, 15) is 4.21 Å². The van der Waals surface area contributed by atoms with Crippen LogP contribution in [0.15, 0.2) is 0 Å². The van der Waals surface area contributed by atoms with Gasteiger partial charge in [-0.1, -0.05) is 32.6 Å². The Kier molecular flexibility index (Phi) is 5.71. The zero-order valence-electron chi connectivity index (χ0n) is 9.21. The second-order valence-corrected chi connectivity index (χ2v) is 6.05. The molecule has 84 valence electrons. The van der Waals surface area contributed by atoms with Crippen molar-refractivity contribution in [2.75, 3.05) is 5.75 Å². The summed E-state index contributed by atoms with van der Waals surface area (Å²) in [5, 5.41) is 0.282. The molecule has 0 bridgehead atoms. The average molecular weight is 217 g/mol. The van der Waals surface area contributed by atoms with Crippen molar-refractivity contribution >= 4 is 10.8 Å². The fourth-order valence-corrected chi connectivity index (χ4v) is 3.90. The third-order valence-electron chi connectivity index (χ3n) is 3.04. The second kappa shape index (κ2) is 6.57. The lowest BCUT2D eigenvalue weighted by Crippen LogP contribution is -2.37. The molecule has 0 aliphatic heterocycles. The molecule has 1 rings (SSSR count). The number of hydrogen-bond acceptors (Lipinski definition) is 2. The summed E-state index contributed by atoms with van der Waals surface area (Å²) in [4.78, 5) is 0. The molecule has 1 saturated carbocycles. The highest BCUT2D eigenvalue weighted by Crippen LogP contribution is 2.21. The standard InChI is InChI=1S/C11H23NOS/c1-2-3-9-14(13)11-8-6-4-5-7-10(11)12/h10-11H,2-9,12H2,1H3. The van der Waals surface area contributed by atoms with Crippen molar-refractivity contribution in [3.8, 4) is 0 Å². The lowest BCUT2D eigenvalue weighted by molar-refractivity contribution is 0.574. The van der Waals surface area contributed by atoms with Gasteiger partial charge in [-0.2, -0.15) is 0 Å². The van der Waals surface area contributed by atoms with Crippen LogP contribution in [0.3, 0.4) is 0 Å². The van der Waals surface area contributed by atoms with Gasteiger partial charge in [-0.15, -0.1) is 0 Å². The molecule has 0 amide bonds. The fraction of sp³-hybridized carbons (Fsp3) is 1.00. The van der Waals surface area contributed by atoms with Gasteiger partial charge in [0.05, 0.1) is 0 Å². The van der Waals surface area contributed by atoms with E-state index in [1.54, 1.807) is 0 Å². The van der Waals surface area contributed by atoms with E-state index in [0.717, 1.165) is 31.4 Å². The first kappa shape index (κ1) is 12.2. The first-order chi connectivity index (χ1) is 6.75. The van der Waals surface area contributed by atoms with E-state index in [1.807, 2.05) is 0 Å². The van der Waals surface area contributed by atoms with E-state index in [0.29, 0.717) is 0 Å². The summed E-state index contributed by atoms with van der Waals surface area (Å²) in [5.41, 5.74) is 6.06. The Hall–Kier alpha value is 0.110. The molecule has 0 heterocycles. The maximum atomic E-state index is 12.0. The van der Waals surface area contributed by atoms with Crippen LogP contribution in [0.5, 0.6) is 0 Å². The number of nitrogens with two attached hydrogens (primary N) is 1. The molecule has 1 aliphatic rings. The summed E-state index contributed by atoms with van der Waals surface area (Å²) in [6, 6.07) is 0.190. The monoisotopic (exact) mass is 217 g/mol. The molecule has 0 spiro atoms. The van der Waals surface area contributed by atoms with Crippen LogP contribution in [0.2, 0.25) is 0 Å². The highest BCUT2D eigenvalue weighted by Gasteiger charge is 2.25. The van der Waals surface area contributed by atoms with E-state index in [1.165, 1.54) is 19.3 Å². The number of unbranched alkanes of at least 4 members (excludes halogenated alkanes) is 1. The molecule has 2 nitrogen and oxygen atoms in total. The van der Waals surface area contributed by atoms with E-state index in [2.05, 4.69) is 6.92 Å². The molecule has 0 aromatic carbocycles. The number of hydrogen-bond donors (Lipinski definition) is 1. The Labute approximate surface area is 90.1 Å². The summed E-state index contributed by atoms with van der Waals surface area (Å²) < 4.78 is 12.0. The topological polar surface area (TPSA) is 43.1 Å². The van der Waals surface area contributed by atoms with Gasteiger partial charge >= 0.3 is 0 Å². The van der Waals surface area contributed by atoms with Crippen molar-refractivity contribution in [2.45, 2.75) is 63.2 Å². The van der Waals surface area contributed by atoms with Gasteiger partial charge in [0.15, 0.2) is 0 Å². The van der Waals surface area contributed by atoms with Crippen LogP contribution in [0.25, 0.3) is 0 Å². The number of rotatable bonds is 4. The summed E-state index contributed by atoms with van der Waals surface area (Å²) in [7, 11) is -0.673. The average Bonchev–Trinajstić information content (AvgIpc) is 2.39. The van der Waals surface area contributed by atoms with E-state index in [4.69, 9.17) is 5.73 Å². The summed E-state index contributed by atoms with van der Waals surface area (Å²) >= 11 is 0. The van der Waals surface area contributed by atoms with Crippen molar-refractivity contribution in [1.29, 1.82) is 0 Å². The van der Waals surface area contributed by atoms with Crippen molar-refractivity contribution in [1.82, 2.24) is 0 Å². The van der Waals surface area contributed by atoms with Crippen LogP contribution in [0, 0.1) is 0 Å². The maximum absolute atomic E-state index is 12.0. The van der Waals surface area contributed by atoms with Crippen molar-refractivity contribution in [3.05, 3.63) is 0 Å². The molecule has 3 atom stereocenters. The Bertz CT molecular complexity index is 184. The summed E-state index contributed by atoms with van der Waals surface area (Å²) in [6.07, 6.45) is 8.08. The van der Waals surface area contributed by atoms with E-state index < -0.39 is 10.8 Å². The Balaban J connectivity index is 2.41. The fourth-order valence-electron chi connectivity index (χ4n) is 2.07. The molecule has 1 fully saturated rings. The minimum absolute atomic E-state index is 0.190. The maximum Gasteiger partial charge on any atom is 0.0499 e. The van der Waals surface area contributed by atoms with Gasteiger partial charge < -0.3 is 5.73 Å². The molecule has 0 radical (unpaired) electrons. The van der Waals surface area contributed by atoms with Gasteiger partial charge in [-0.3, -0.25) is 4.21 Å². The predicted octanol–water partition coefficient (Wildman–Crippen LogP) is 2.20. The highest BCUT2D eigenvalue weighted by atomic mass is 32.2. The van der Waals surface area contributed by atoms with Gasteiger partial charge in [0.1, 0.15) is 0 Å². The van der Waals surface area contributed by atoms with Crippen LogP contribution < -0.4 is 5.73 Å². The lowest BCUT2D eigenvalue weighted by atomic mass is 10.1. The molecule has 3 unspecified atom stereocenters. The first-order valence-electron chi connectivity index (χ1n) is 5.88. The second-order valence-electron chi connectivity index (χ2n) is 4.28. The van der Waals surface area contributed by atoms with Gasteiger partial charge in [-0.25, -0.2) is 0 Å². The predicted molar refractivity (Wildman–Crippen MR) is 62.8 cm³/mol. The minimum Gasteiger partial charge on any atom is -0.327 e. The Morgan fingerprint density at radius 3 is 2.71 bits per heavy atom.